The van der Waals surface area contributed by atoms with Crippen molar-refractivity contribution >= 4 is 10.0 Å². The summed E-state index contributed by atoms with van der Waals surface area (Å²) in [5, 5.41) is 4.22. The molecular weight excluding hydrogens is 306 g/mol. The molecule has 2 heterocycles. The van der Waals surface area contributed by atoms with Crippen molar-refractivity contribution in [1.82, 2.24) is 14.1 Å². The predicted octanol–water partition coefficient (Wildman–Crippen LogP) is 0.851. The molecule has 1 atom stereocenters. The van der Waals surface area contributed by atoms with Gasteiger partial charge in [-0.15, -0.1) is 0 Å². The van der Waals surface area contributed by atoms with E-state index in [0.29, 0.717) is 29.4 Å². The summed E-state index contributed by atoms with van der Waals surface area (Å²) >= 11 is 0. The van der Waals surface area contributed by atoms with E-state index in [-0.39, 0.29) is 12.6 Å². The van der Waals surface area contributed by atoms with Gasteiger partial charge in [-0.25, -0.2) is 8.42 Å². The normalized spacial score (nSPS) is 22.9. The van der Waals surface area contributed by atoms with Crippen molar-refractivity contribution in [2.24, 2.45) is 7.05 Å². The average molecular weight is 331 g/mol. The molecule has 0 spiro atoms. The lowest BCUT2D eigenvalue weighted by Crippen LogP contribution is -2.55. The van der Waals surface area contributed by atoms with Crippen LogP contribution in [-0.4, -0.2) is 61.0 Å². The second kappa shape index (κ2) is 5.92. The third kappa shape index (κ3) is 3.19. The lowest BCUT2D eigenvalue weighted by molar-refractivity contribution is -0.135. The van der Waals surface area contributed by atoms with Crippen molar-refractivity contribution in [1.29, 1.82) is 0 Å². The summed E-state index contributed by atoms with van der Waals surface area (Å²) in [6, 6.07) is 0. The summed E-state index contributed by atoms with van der Waals surface area (Å²) in [4.78, 5) is 0.295. The SMILES string of the molecule is COC[C@@H]1CN(S(=O)(=O)c2c(C)nn(C)c2C)CC(C)(C)O1. The Kier molecular flexibility index (Phi) is 4.68. The topological polar surface area (TPSA) is 73.7 Å². The van der Waals surface area contributed by atoms with Crippen LogP contribution in [0.15, 0.2) is 4.90 Å². The average Bonchev–Trinajstić information content (AvgIpc) is 2.61. The summed E-state index contributed by atoms with van der Waals surface area (Å²) in [6.07, 6.45) is -0.277. The number of sulfonamides is 1. The predicted molar refractivity (Wildman–Crippen MR) is 82.3 cm³/mol. The number of hydrogen-bond acceptors (Lipinski definition) is 5. The molecule has 1 aliphatic heterocycles. The van der Waals surface area contributed by atoms with Crippen LogP contribution in [-0.2, 0) is 26.5 Å². The van der Waals surface area contributed by atoms with E-state index in [2.05, 4.69) is 5.10 Å². The molecule has 1 aromatic rings. The molecule has 0 bridgehead atoms. The van der Waals surface area contributed by atoms with Crippen molar-refractivity contribution in [3.05, 3.63) is 11.4 Å². The van der Waals surface area contributed by atoms with Gasteiger partial charge in [0, 0.05) is 27.2 Å². The Balaban J connectivity index is 2.39. The highest BCUT2D eigenvalue weighted by Crippen LogP contribution is 2.29. The minimum Gasteiger partial charge on any atom is -0.382 e. The summed E-state index contributed by atoms with van der Waals surface area (Å²) < 4.78 is 40.2. The molecule has 0 radical (unpaired) electrons. The first-order valence-corrected chi connectivity index (χ1v) is 8.69. The smallest absolute Gasteiger partial charge is 0.246 e. The van der Waals surface area contributed by atoms with Crippen LogP contribution < -0.4 is 0 Å². The molecule has 1 aliphatic rings. The molecule has 0 N–H and O–H groups in total. The monoisotopic (exact) mass is 331 g/mol. The Bertz CT molecular complexity index is 651. The molecule has 1 aromatic heterocycles. The van der Waals surface area contributed by atoms with E-state index in [9.17, 15) is 8.42 Å². The number of methoxy groups -OCH3 is 1. The maximum absolute atomic E-state index is 13.1. The molecular formula is C14H25N3O4S. The Morgan fingerprint density at radius 3 is 2.55 bits per heavy atom. The van der Waals surface area contributed by atoms with Gasteiger partial charge in [0.15, 0.2) is 0 Å². The number of rotatable bonds is 4. The van der Waals surface area contributed by atoms with Gasteiger partial charge in [0.1, 0.15) is 4.90 Å². The van der Waals surface area contributed by atoms with Crippen molar-refractivity contribution < 1.29 is 17.9 Å². The molecule has 126 valence electrons. The fourth-order valence-corrected chi connectivity index (χ4v) is 4.98. The molecule has 2 rings (SSSR count). The summed E-state index contributed by atoms with van der Waals surface area (Å²) in [7, 11) is -0.279. The maximum Gasteiger partial charge on any atom is 0.246 e. The van der Waals surface area contributed by atoms with Crippen LogP contribution in [0.1, 0.15) is 25.2 Å². The van der Waals surface area contributed by atoms with E-state index in [0.717, 1.165) is 0 Å². The number of ether oxygens (including phenoxy) is 2. The van der Waals surface area contributed by atoms with Gasteiger partial charge in [-0.2, -0.15) is 9.40 Å². The molecule has 0 aliphatic carbocycles. The second-order valence-electron chi connectivity index (χ2n) is 6.38. The molecule has 7 nitrogen and oxygen atoms in total. The largest absolute Gasteiger partial charge is 0.382 e. The molecule has 8 heteroatoms. The van der Waals surface area contributed by atoms with Crippen LogP contribution in [0.5, 0.6) is 0 Å². The first-order valence-electron chi connectivity index (χ1n) is 7.25. The highest BCUT2D eigenvalue weighted by atomic mass is 32.2. The zero-order chi connectivity index (χ0) is 16.7. The van der Waals surface area contributed by atoms with E-state index in [1.807, 2.05) is 13.8 Å². The zero-order valence-corrected chi connectivity index (χ0v) is 14.9. The van der Waals surface area contributed by atoms with Crippen molar-refractivity contribution in [3.63, 3.8) is 0 Å². The molecule has 1 fully saturated rings. The minimum absolute atomic E-state index is 0.277. The lowest BCUT2D eigenvalue weighted by Gasteiger charge is -2.41. The minimum atomic E-state index is -3.61. The lowest BCUT2D eigenvalue weighted by atomic mass is 10.1. The number of hydrogen-bond donors (Lipinski definition) is 0. The molecule has 0 aromatic carbocycles. The highest BCUT2D eigenvalue weighted by Gasteiger charge is 2.41. The molecule has 0 amide bonds. The van der Waals surface area contributed by atoms with E-state index in [4.69, 9.17) is 9.47 Å². The number of morpholine rings is 1. The third-order valence-electron chi connectivity index (χ3n) is 3.84. The Morgan fingerprint density at radius 2 is 2.05 bits per heavy atom. The Hall–Kier alpha value is -0.960. The van der Waals surface area contributed by atoms with Gasteiger partial charge in [0.05, 0.1) is 29.7 Å². The molecule has 0 unspecified atom stereocenters. The van der Waals surface area contributed by atoms with Crippen LogP contribution in [0.4, 0.5) is 0 Å². The van der Waals surface area contributed by atoms with Gasteiger partial charge in [0.25, 0.3) is 0 Å². The Morgan fingerprint density at radius 1 is 1.41 bits per heavy atom. The number of aromatic nitrogens is 2. The van der Waals surface area contributed by atoms with Gasteiger partial charge in [-0.05, 0) is 27.7 Å². The second-order valence-corrected chi connectivity index (χ2v) is 8.25. The van der Waals surface area contributed by atoms with E-state index in [1.165, 1.54) is 4.31 Å². The summed E-state index contributed by atoms with van der Waals surface area (Å²) in [5.74, 6) is 0. The van der Waals surface area contributed by atoms with Crippen LogP contribution in [0.2, 0.25) is 0 Å². The molecule has 22 heavy (non-hydrogen) atoms. The standard InChI is InChI=1S/C14H25N3O4S/c1-10-13(11(2)16(5)15-10)22(18,19)17-7-12(8-20-6)21-14(3,4)9-17/h12H,7-9H2,1-6H3/t12-/m0/s1. The van der Waals surface area contributed by atoms with E-state index in [1.54, 1.807) is 32.7 Å². The van der Waals surface area contributed by atoms with Gasteiger partial charge in [-0.3, -0.25) is 4.68 Å². The van der Waals surface area contributed by atoms with Gasteiger partial charge < -0.3 is 9.47 Å². The van der Waals surface area contributed by atoms with Gasteiger partial charge in [-0.1, -0.05) is 0 Å². The van der Waals surface area contributed by atoms with Crippen molar-refractivity contribution in [2.45, 2.75) is 44.3 Å². The van der Waals surface area contributed by atoms with Crippen molar-refractivity contribution in [2.75, 3.05) is 26.8 Å². The number of nitrogens with zero attached hydrogens (tertiary/aromatic N) is 3. The van der Waals surface area contributed by atoms with E-state index < -0.39 is 15.6 Å². The first kappa shape index (κ1) is 17.4. The van der Waals surface area contributed by atoms with Crippen LogP contribution >= 0.6 is 0 Å². The zero-order valence-electron chi connectivity index (χ0n) is 14.1. The Labute approximate surface area is 132 Å². The third-order valence-corrected chi connectivity index (χ3v) is 5.91. The fourth-order valence-electron chi connectivity index (χ4n) is 2.95. The molecule has 1 saturated heterocycles. The first-order chi connectivity index (χ1) is 10.1. The van der Waals surface area contributed by atoms with Gasteiger partial charge in [0.2, 0.25) is 10.0 Å². The highest BCUT2D eigenvalue weighted by molar-refractivity contribution is 7.89. The van der Waals surface area contributed by atoms with Crippen molar-refractivity contribution in [3.8, 4) is 0 Å². The maximum atomic E-state index is 13.1. The number of aryl methyl sites for hydroxylation is 2. The van der Waals surface area contributed by atoms with Crippen LogP contribution in [0, 0.1) is 13.8 Å². The summed E-state index contributed by atoms with van der Waals surface area (Å²) in [6.45, 7) is 8.22. The fraction of sp³-hybridized carbons (Fsp3) is 0.786. The van der Waals surface area contributed by atoms with E-state index >= 15 is 0 Å². The quantitative estimate of drug-likeness (QED) is 0.818. The van der Waals surface area contributed by atoms with Crippen LogP contribution in [0.3, 0.4) is 0 Å². The van der Waals surface area contributed by atoms with Crippen LogP contribution in [0.25, 0.3) is 0 Å². The molecule has 0 saturated carbocycles. The summed E-state index contributed by atoms with van der Waals surface area (Å²) in [5.41, 5.74) is 0.608. The van der Waals surface area contributed by atoms with Gasteiger partial charge >= 0.3 is 0 Å².